The first-order valence-corrected chi connectivity index (χ1v) is 12.9. The van der Waals surface area contributed by atoms with E-state index in [1.807, 2.05) is 55.5 Å². The number of carbonyl (C=O) groups is 1. The molecule has 0 saturated heterocycles. The van der Waals surface area contributed by atoms with Crippen LogP contribution in [0, 0.1) is 6.92 Å². The van der Waals surface area contributed by atoms with Crippen LogP contribution in [0.15, 0.2) is 65.8 Å². The summed E-state index contributed by atoms with van der Waals surface area (Å²) >= 11 is 7.40. The Hall–Kier alpha value is -3.82. The van der Waals surface area contributed by atoms with Crippen LogP contribution in [0.5, 0.6) is 17.2 Å². The van der Waals surface area contributed by atoms with E-state index in [1.54, 1.807) is 33.3 Å². The molecule has 1 atom stereocenters. The average molecular weight is 551 g/mol. The Balaban J connectivity index is 1.62. The summed E-state index contributed by atoms with van der Waals surface area (Å²) in [7, 11) is 4.76. The number of hydrogen-bond acceptors (Lipinski definition) is 8. The van der Waals surface area contributed by atoms with Crippen molar-refractivity contribution >= 4 is 35.0 Å². The van der Waals surface area contributed by atoms with Crippen LogP contribution in [-0.4, -0.2) is 47.7 Å². The molecule has 0 fully saturated rings. The summed E-state index contributed by atoms with van der Waals surface area (Å²) in [4.78, 5) is 17.8. The number of rotatable bonds is 9. The zero-order valence-corrected chi connectivity index (χ0v) is 23.2. The third-order valence-electron chi connectivity index (χ3n) is 5.78. The first kappa shape index (κ1) is 27.2. The number of benzene rings is 3. The summed E-state index contributed by atoms with van der Waals surface area (Å²) in [6.07, 6.45) is 0. The van der Waals surface area contributed by atoms with Gasteiger partial charge in [-0.25, -0.2) is 4.98 Å². The topological polar surface area (TPSA) is 95.5 Å². The Morgan fingerprint density at radius 1 is 0.868 bits per heavy atom. The van der Waals surface area contributed by atoms with Crippen LogP contribution in [0.3, 0.4) is 0 Å². The molecule has 1 aromatic heterocycles. The number of aryl methyl sites for hydroxylation is 1. The van der Waals surface area contributed by atoms with E-state index in [0.29, 0.717) is 33.0 Å². The summed E-state index contributed by atoms with van der Waals surface area (Å²) in [5, 5.41) is 12.1. The van der Waals surface area contributed by atoms with Gasteiger partial charge in [0.05, 0.1) is 32.3 Å². The molecule has 4 aromatic rings. The number of amides is 1. The fourth-order valence-electron chi connectivity index (χ4n) is 3.63. The maximum atomic E-state index is 13.0. The molecule has 0 bridgehead atoms. The minimum absolute atomic E-state index is 0.233. The smallest absolute Gasteiger partial charge is 0.237 e. The van der Waals surface area contributed by atoms with Crippen molar-refractivity contribution in [2.24, 2.45) is 0 Å². The summed E-state index contributed by atoms with van der Waals surface area (Å²) < 4.78 is 16.0. The lowest BCUT2D eigenvalue weighted by Crippen LogP contribution is -2.23. The van der Waals surface area contributed by atoms with Crippen LogP contribution in [0.4, 0.5) is 5.69 Å². The highest BCUT2D eigenvalue weighted by Gasteiger charge is 2.21. The average Bonchev–Trinajstić information content (AvgIpc) is 2.94. The largest absolute Gasteiger partial charge is 0.497 e. The number of aromatic nitrogens is 3. The summed E-state index contributed by atoms with van der Waals surface area (Å²) in [5.74, 6) is 1.72. The molecule has 4 rings (SSSR count). The molecule has 0 radical (unpaired) electrons. The molecule has 1 amide bonds. The van der Waals surface area contributed by atoms with Crippen molar-refractivity contribution < 1.29 is 19.0 Å². The second-order valence-electron chi connectivity index (χ2n) is 8.30. The van der Waals surface area contributed by atoms with Crippen LogP contribution >= 0.6 is 23.4 Å². The van der Waals surface area contributed by atoms with Crippen LogP contribution < -0.4 is 19.5 Å². The van der Waals surface area contributed by atoms with E-state index in [2.05, 4.69) is 15.5 Å². The quantitative estimate of drug-likeness (QED) is 0.242. The van der Waals surface area contributed by atoms with Gasteiger partial charge in [-0.3, -0.25) is 4.79 Å². The predicted molar refractivity (Wildman–Crippen MR) is 150 cm³/mol. The van der Waals surface area contributed by atoms with Crippen molar-refractivity contribution in [2.75, 3.05) is 26.6 Å². The van der Waals surface area contributed by atoms with Crippen LogP contribution in [0.25, 0.3) is 22.5 Å². The Bertz CT molecular complexity index is 1430. The molecule has 0 aliphatic rings. The number of anilines is 1. The maximum absolute atomic E-state index is 13.0. The second-order valence-corrected chi connectivity index (χ2v) is 10.0. The van der Waals surface area contributed by atoms with Crippen molar-refractivity contribution in [2.45, 2.75) is 24.3 Å². The summed E-state index contributed by atoms with van der Waals surface area (Å²) in [5.41, 5.74) is 4.29. The highest BCUT2D eigenvalue weighted by Crippen LogP contribution is 2.34. The van der Waals surface area contributed by atoms with E-state index >= 15 is 0 Å². The van der Waals surface area contributed by atoms with Crippen molar-refractivity contribution in [3.8, 4) is 39.8 Å². The lowest BCUT2D eigenvalue weighted by atomic mass is 10.0. The van der Waals surface area contributed by atoms with Gasteiger partial charge in [-0.1, -0.05) is 23.4 Å². The molecule has 0 aliphatic carbocycles. The first-order chi connectivity index (χ1) is 18.3. The van der Waals surface area contributed by atoms with E-state index in [4.69, 9.17) is 30.8 Å². The van der Waals surface area contributed by atoms with Gasteiger partial charge in [0.2, 0.25) is 11.1 Å². The number of nitrogens with one attached hydrogen (secondary N) is 1. The highest BCUT2D eigenvalue weighted by molar-refractivity contribution is 8.00. The summed E-state index contributed by atoms with van der Waals surface area (Å²) in [6, 6.07) is 18.5. The van der Waals surface area contributed by atoms with E-state index in [0.717, 1.165) is 28.2 Å². The number of methoxy groups -OCH3 is 3. The standard InChI is InChI=1S/C28H27ClN4O4S/c1-16-14-23(24(37-5)15-22(16)29)30-27(34)17(2)38-28-31-25(18-6-10-20(35-3)11-7-18)26(32-33-28)19-8-12-21(36-4)13-9-19/h6-15,17H,1-5H3,(H,30,34). The number of ether oxygens (including phenoxy) is 3. The van der Waals surface area contributed by atoms with Crippen molar-refractivity contribution in [1.82, 2.24) is 15.2 Å². The molecular formula is C28H27ClN4O4S. The van der Waals surface area contributed by atoms with E-state index in [9.17, 15) is 4.79 Å². The number of nitrogens with zero attached hydrogens (tertiary/aromatic N) is 3. The molecule has 0 saturated carbocycles. The molecule has 1 unspecified atom stereocenters. The Kier molecular flexibility index (Phi) is 8.70. The molecule has 1 N–H and O–H groups in total. The van der Waals surface area contributed by atoms with E-state index in [-0.39, 0.29) is 5.91 Å². The summed E-state index contributed by atoms with van der Waals surface area (Å²) in [6.45, 7) is 3.64. The van der Waals surface area contributed by atoms with Gasteiger partial charge < -0.3 is 19.5 Å². The van der Waals surface area contributed by atoms with E-state index in [1.165, 1.54) is 18.9 Å². The Morgan fingerprint density at radius 2 is 1.45 bits per heavy atom. The monoisotopic (exact) mass is 550 g/mol. The van der Waals surface area contributed by atoms with Gasteiger partial charge in [0, 0.05) is 22.2 Å². The minimum atomic E-state index is -0.520. The van der Waals surface area contributed by atoms with E-state index < -0.39 is 5.25 Å². The van der Waals surface area contributed by atoms with Crippen LogP contribution in [0.2, 0.25) is 5.02 Å². The van der Waals surface area contributed by atoms with Crippen molar-refractivity contribution in [1.29, 1.82) is 0 Å². The second kappa shape index (κ2) is 12.1. The zero-order valence-electron chi connectivity index (χ0n) is 21.6. The van der Waals surface area contributed by atoms with Gasteiger partial charge in [0.15, 0.2) is 0 Å². The fourth-order valence-corrected chi connectivity index (χ4v) is 4.50. The van der Waals surface area contributed by atoms with Gasteiger partial charge in [-0.2, -0.15) is 0 Å². The molecule has 10 heteroatoms. The molecular weight excluding hydrogens is 524 g/mol. The van der Waals surface area contributed by atoms with Gasteiger partial charge in [-0.05, 0) is 74.0 Å². The Morgan fingerprint density at radius 3 is 2.00 bits per heavy atom. The van der Waals surface area contributed by atoms with Gasteiger partial charge >= 0.3 is 0 Å². The molecule has 3 aromatic carbocycles. The van der Waals surface area contributed by atoms with Gasteiger partial charge in [0.1, 0.15) is 28.6 Å². The third kappa shape index (κ3) is 6.17. The number of hydrogen-bond donors (Lipinski definition) is 1. The molecule has 8 nitrogen and oxygen atoms in total. The molecule has 38 heavy (non-hydrogen) atoms. The van der Waals surface area contributed by atoms with Crippen LogP contribution in [-0.2, 0) is 4.79 Å². The molecule has 0 aliphatic heterocycles. The fraction of sp³-hybridized carbons (Fsp3) is 0.214. The Labute approximate surface area is 230 Å². The predicted octanol–water partition coefficient (Wildman–Crippen LogP) is 6.31. The lowest BCUT2D eigenvalue weighted by molar-refractivity contribution is -0.115. The van der Waals surface area contributed by atoms with Gasteiger partial charge in [-0.15, -0.1) is 10.2 Å². The SMILES string of the molecule is COc1ccc(-c2nnc(SC(C)C(=O)Nc3cc(C)c(Cl)cc3OC)nc2-c2ccc(OC)cc2)cc1. The van der Waals surface area contributed by atoms with Gasteiger partial charge in [0.25, 0.3) is 0 Å². The molecule has 196 valence electrons. The van der Waals surface area contributed by atoms with Crippen molar-refractivity contribution in [3.05, 3.63) is 71.2 Å². The molecule has 1 heterocycles. The lowest BCUT2D eigenvalue weighted by Gasteiger charge is -2.15. The normalized spacial score (nSPS) is 11.5. The third-order valence-corrected chi connectivity index (χ3v) is 7.14. The highest BCUT2D eigenvalue weighted by atomic mass is 35.5. The number of halogens is 1. The minimum Gasteiger partial charge on any atom is -0.497 e. The van der Waals surface area contributed by atoms with Crippen molar-refractivity contribution in [3.63, 3.8) is 0 Å². The first-order valence-electron chi connectivity index (χ1n) is 11.7. The zero-order chi connectivity index (χ0) is 27.2. The number of carbonyl (C=O) groups excluding carboxylic acids is 1. The van der Waals surface area contributed by atoms with Crippen LogP contribution in [0.1, 0.15) is 12.5 Å². The number of thioether (sulfide) groups is 1. The maximum Gasteiger partial charge on any atom is 0.237 e. The molecule has 0 spiro atoms.